The number of aromatic amines is 1. The Bertz CT molecular complexity index is 1430. The van der Waals surface area contributed by atoms with Gasteiger partial charge < -0.3 is 19.5 Å². The second kappa shape index (κ2) is 9.11. The molecule has 10 nitrogen and oxygen atoms in total. The minimum absolute atomic E-state index is 0.138. The molecule has 0 amide bonds. The number of fused-ring (bicyclic) bond motifs is 4. The number of aromatic nitrogens is 6. The van der Waals surface area contributed by atoms with Gasteiger partial charge in [0.15, 0.2) is 0 Å². The topological polar surface area (TPSA) is 106 Å². The zero-order valence-electron chi connectivity index (χ0n) is 20.8. The number of H-pyrrole nitrogens is 1. The first kappa shape index (κ1) is 22.8. The molecular weight excluding hydrogens is 458 g/mol. The van der Waals surface area contributed by atoms with Gasteiger partial charge in [0, 0.05) is 31.9 Å². The summed E-state index contributed by atoms with van der Waals surface area (Å²) in [5.74, 6) is 1.40. The van der Waals surface area contributed by atoms with Crippen molar-refractivity contribution < 1.29 is 14.6 Å². The van der Waals surface area contributed by atoms with Gasteiger partial charge in [0.05, 0.1) is 59.6 Å². The van der Waals surface area contributed by atoms with Crippen molar-refractivity contribution in [3.63, 3.8) is 0 Å². The molecule has 2 atom stereocenters. The van der Waals surface area contributed by atoms with E-state index in [2.05, 4.69) is 32.3 Å². The van der Waals surface area contributed by atoms with E-state index in [1.165, 1.54) is 0 Å². The third-order valence-corrected chi connectivity index (χ3v) is 7.11. The Morgan fingerprint density at radius 1 is 1.11 bits per heavy atom. The van der Waals surface area contributed by atoms with Gasteiger partial charge in [-0.2, -0.15) is 15.3 Å². The summed E-state index contributed by atoms with van der Waals surface area (Å²) in [4.78, 5) is 2.14. The predicted molar refractivity (Wildman–Crippen MR) is 137 cm³/mol. The molecule has 2 aliphatic rings. The molecule has 1 saturated heterocycles. The number of hydrogen-bond donors (Lipinski definition) is 2. The van der Waals surface area contributed by atoms with Crippen molar-refractivity contribution in [1.82, 2.24) is 34.7 Å². The highest BCUT2D eigenvalue weighted by atomic mass is 16.5. The molecule has 0 radical (unpaired) electrons. The Kier molecular flexibility index (Phi) is 5.77. The van der Waals surface area contributed by atoms with Crippen molar-refractivity contribution in [1.29, 1.82) is 0 Å². The molecule has 36 heavy (non-hydrogen) atoms. The number of rotatable bonds is 1. The fourth-order valence-corrected chi connectivity index (χ4v) is 5.15. The average Bonchev–Trinajstić information content (AvgIpc) is 3.52. The number of piperidine rings is 1. The van der Waals surface area contributed by atoms with E-state index < -0.39 is 6.10 Å². The van der Waals surface area contributed by atoms with Gasteiger partial charge in [-0.1, -0.05) is 6.07 Å². The van der Waals surface area contributed by atoms with Crippen LogP contribution in [0.3, 0.4) is 0 Å². The summed E-state index contributed by atoms with van der Waals surface area (Å²) in [7, 11) is 3.91. The van der Waals surface area contributed by atoms with Crippen molar-refractivity contribution in [3.05, 3.63) is 41.3 Å². The summed E-state index contributed by atoms with van der Waals surface area (Å²) in [6.07, 6.45) is 6.82. The summed E-state index contributed by atoms with van der Waals surface area (Å²) in [6, 6.07) is 6.06. The lowest BCUT2D eigenvalue weighted by molar-refractivity contribution is 0.0288. The Morgan fingerprint density at radius 2 is 1.94 bits per heavy atom. The van der Waals surface area contributed by atoms with Crippen molar-refractivity contribution in [2.45, 2.75) is 31.9 Å². The van der Waals surface area contributed by atoms with Crippen LogP contribution in [0.1, 0.15) is 35.8 Å². The van der Waals surface area contributed by atoms with Crippen LogP contribution in [0.4, 0.5) is 0 Å². The molecule has 0 spiro atoms. The maximum Gasteiger partial charge on any atom is 0.219 e. The van der Waals surface area contributed by atoms with Gasteiger partial charge in [-0.05, 0) is 50.2 Å². The van der Waals surface area contributed by atoms with E-state index in [-0.39, 0.29) is 6.04 Å². The molecule has 10 heteroatoms. The number of likely N-dealkylation sites (tertiary alicyclic amines) is 1. The lowest BCUT2D eigenvalue weighted by Crippen LogP contribution is -2.43. The number of nitrogens with zero attached hydrogens (tertiary/aromatic N) is 6. The van der Waals surface area contributed by atoms with E-state index in [1.54, 1.807) is 4.68 Å². The van der Waals surface area contributed by atoms with Gasteiger partial charge in [-0.3, -0.25) is 5.10 Å². The first-order valence-electron chi connectivity index (χ1n) is 12.4. The number of hydrogen-bond acceptors (Lipinski definition) is 7. The number of ether oxygens (including phenoxy) is 2. The standard InChI is InChI=1S/C26H31N7O3/c1-16-18-6-8-22-19-13-17(5-7-21(19)28-29-22)20-14-27-32(3)25(20)35-11-4-12-36-26(18)33(30-16)23-9-10-31(2)15-24(23)34/h5-8,13-14,23-24,34H,4,9-12,15H2,1-3H3,(H,28,29)/b8-6+/t23-,24-/m0/s1. The van der Waals surface area contributed by atoms with Crippen LogP contribution in [0.5, 0.6) is 11.8 Å². The van der Waals surface area contributed by atoms with Gasteiger partial charge >= 0.3 is 0 Å². The summed E-state index contributed by atoms with van der Waals surface area (Å²) < 4.78 is 16.1. The highest BCUT2D eigenvalue weighted by Crippen LogP contribution is 2.35. The highest BCUT2D eigenvalue weighted by molar-refractivity contribution is 5.93. The zero-order chi connectivity index (χ0) is 24.8. The van der Waals surface area contributed by atoms with Crippen LogP contribution < -0.4 is 9.47 Å². The Morgan fingerprint density at radius 3 is 2.78 bits per heavy atom. The number of likely N-dealkylation sites (N-methyl/N-ethyl adjacent to an activating group) is 1. The van der Waals surface area contributed by atoms with Crippen LogP contribution in [-0.2, 0) is 7.05 Å². The first-order valence-corrected chi connectivity index (χ1v) is 12.4. The number of aryl methyl sites for hydroxylation is 2. The third kappa shape index (κ3) is 3.96. The van der Waals surface area contributed by atoms with Crippen LogP contribution in [0.2, 0.25) is 0 Å². The van der Waals surface area contributed by atoms with Crippen molar-refractivity contribution >= 4 is 23.1 Å². The molecule has 2 aliphatic heterocycles. The summed E-state index contributed by atoms with van der Waals surface area (Å²) in [5.41, 5.74) is 5.49. The van der Waals surface area contributed by atoms with E-state index in [4.69, 9.17) is 14.6 Å². The largest absolute Gasteiger partial charge is 0.477 e. The second-order valence-corrected chi connectivity index (χ2v) is 9.67. The summed E-state index contributed by atoms with van der Waals surface area (Å²) in [6.45, 7) is 4.43. The van der Waals surface area contributed by atoms with Gasteiger partial charge in [0.2, 0.25) is 11.8 Å². The second-order valence-electron chi connectivity index (χ2n) is 9.67. The van der Waals surface area contributed by atoms with Crippen molar-refractivity contribution in [2.75, 3.05) is 33.4 Å². The number of nitrogens with one attached hydrogen (secondary N) is 1. The number of β-amino-alcohol motifs (C(OH)–C–C–N with tert-alkyl or cyclic N) is 1. The SMILES string of the molecule is Cc1nn([C@H]2CCN(C)C[C@@H]2O)c2c1/C=C/c1n[nH]c3ccc(cc13)-c1cnn(C)c1OCCCO2. The molecule has 1 fully saturated rings. The zero-order valence-corrected chi connectivity index (χ0v) is 20.8. The summed E-state index contributed by atoms with van der Waals surface area (Å²) in [5, 5.41) is 28.8. The Balaban J connectivity index is 1.44. The lowest BCUT2D eigenvalue weighted by atomic mass is 10.0. The van der Waals surface area contributed by atoms with Crippen LogP contribution >= 0.6 is 0 Å². The molecule has 2 bridgehead atoms. The smallest absolute Gasteiger partial charge is 0.219 e. The normalized spacial score (nSPS) is 21.8. The minimum Gasteiger partial charge on any atom is -0.477 e. The summed E-state index contributed by atoms with van der Waals surface area (Å²) >= 11 is 0. The molecule has 0 unspecified atom stereocenters. The van der Waals surface area contributed by atoms with Crippen molar-refractivity contribution in [3.8, 4) is 22.9 Å². The molecule has 3 aromatic heterocycles. The quantitative estimate of drug-likeness (QED) is 0.423. The first-order chi connectivity index (χ1) is 17.5. The van der Waals surface area contributed by atoms with E-state index in [9.17, 15) is 5.11 Å². The maximum absolute atomic E-state index is 10.8. The molecular formula is C26H31N7O3. The molecule has 4 aromatic rings. The van der Waals surface area contributed by atoms with Gasteiger partial charge in [0.25, 0.3) is 0 Å². The van der Waals surface area contributed by atoms with Crippen LogP contribution in [0, 0.1) is 6.92 Å². The van der Waals surface area contributed by atoms with E-state index in [0.717, 1.165) is 57.8 Å². The molecule has 0 aliphatic carbocycles. The lowest BCUT2D eigenvalue weighted by Gasteiger charge is -2.34. The van der Waals surface area contributed by atoms with Gasteiger partial charge in [-0.15, -0.1) is 0 Å². The fraction of sp³-hybridized carbons (Fsp3) is 0.423. The molecule has 188 valence electrons. The molecule has 1 aromatic carbocycles. The molecule has 0 saturated carbocycles. The van der Waals surface area contributed by atoms with E-state index in [1.807, 2.05) is 50.1 Å². The fourth-order valence-electron chi connectivity index (χ4n) is 5.15. The highest BCUT2D eigenvalue weighted by Gasteiger charge is 2.31. The molecule has 6 rings (SSSR count). The predicted octanol–water partition coefficient (Wildman–Crippen LogP) is 3.04. The Hall–Kier alpha value is -3.63. The van der Waals surface area contributed by atoms with Gasteiger partial charge in [0.1, 0.15) is 0 Å². The third-order valence-electron chi connectivity index (χ3n) is 7.11. The maximum atomic E-state index is 10.8. The van der Waals surface area contributed by atoms with E-state index in [0.29, 0.717) is 32.1 Å². The van der Waals surface area contributed by atoms with Crippen LogP contribution in [-0.4, -0.2) is 79.2 Å². The number of benzene rings is 1. The van der Waals surface area contributed by atoms with Crippen molar-refractivity contribution in [2.24, 2.45) is 7.05 Å². The van der Waals surface area contributed by atoms with Gasteiger partial charge in [-0.25, -0.2) is 9.36 Å². The Labute approximate surface area is 209 Å². The van der Waals surface area contributed by atoms with Crippen LogP contribution in [0.25, 0.3) is 34.2 Å². The minimum atomic E-state index is -0.517. The molecule has 5 heterocycles. The number of aliphatic hydroxyl groups is 1. The molecule has 2 N–H and O–H groups in total. The average molecular weight is 490 g/mol. The number of aliphatic hydroxyl groups excluding tert-OH is 1. The van der Waals surface area contributed by atoms with E-state index >= 15 is 0 Å². The van der Waals surface area contributed by atoms with Crippen LogP contribution in [0.15, 0.2) is 24.4 Å². The monoisotopic (exact) mass is 489 g/mol.